The molecule has 23 heavy (non-hydrogen) atoms. The van der Waals surface area contributed by atoms with Crippen molar-refractivity contribution in [3.63, 3.8) is 0 Å². The van der Waals surface area contributed by atoms with Crippen molar-refractivity contribution >= 4 is 33.5 Å². The van der Waals surface area contributed by atoms with Crippen molar-refractivity contribution in [2.45, 2.75) is 18.5 Å². The van der Waals surface area contributed by atoms with E-state index in [0.717, 1.165) is 21.5 Å². The van der Waals surface area contributed by atoms with Gasteiger partial charge in [-0.25, -0.2) is 4.68 Å². The molecular weight excluding hydrogens is 378 g/mol. The van der Waals surface area contributed by atoms with Crippen molar-refractivity contribution in [2.24, 2.45) is 0 Å². The number of hydrogen-bond acceptors (Lipinski definition) is 4. The average Bonchev–Trinajstić information content (AvgIpc) is 3.04. The zero-order chi connectivity index (χ0) is 15.8. The van der Waals surface area contributed by atoms with Crippen molar-refractivity contribution < 1.29 is 0 Å². The Hall–Kier alpha value is -1.92. The molecule has 0 bridgehead atoms. The second kappa shape index (κ2) is 5.94. The molecule has 7 heteroatoms. The SMILES string of the molecule is Clc1ccc(C2CC(c3ccc(Br)cc3)Nc3nnnn32)cc1. The van der Waals surface area contributed by atoms with Gasteiger partial charge in [0.15, 0.2) is 0 Å². The number of fused-ring (bicyclic) bond motifs is 1. The zero-order valence-corrected chi connectivity index (χ0v) is 14.4. The molecule has 2 unspecified atom stereocenters. The summed E-state index contributed by atoms with van der Waals surface area (Å²) in [5.74, 6) is 0.684. The fourth-order valence-corrected chi connectivity index (χ4v) is 3.30. The Morgan fingerprint density at radius 2 is 1.74 bits per heavy atom. The molecule has 1 aliphatic heterocycles. The minimum Gasteiger partial charge on any atom is -0.346 e. The van der Waals surface area contributed by atoms with Crippen LogP contribution in [0.25, 0.3) is 0 Å². The summed E-state index contributed by atoms with van der Waals surface area (Å²) in [6.45, 7) is 0. The van der Waals surface area contributed by atoms with Crippen LogP contribution in [0.2, 0.25) is 5.02 Å². The summed E-state index contributed by atoms with van der Waals surface area (Å²) in [4.78, 5) is 0. The molecule has 0 radical (unpaired) electrons. The first-order valence-electron chi connectivity index (χ1n) is 7.26. The maximum atomic E-state index is 6.01. The zero-order valence-electron chi connectivity index (χ0n) is 12.0. The monoisotopic (exact) mass is 389 g/mol. The molecule has 0 amide bonds. The lowest BCUT2D eigenvalue weighted by Gasteiger charge is -2.31. The van der Waals surface area contributed by atoms with Crippen LogP contribution in [0, 0.1) is 0 Å². The maximum absolute atomic E-state index is 6.01. The summed E-state index contributed by atoms with van der Waals surface area (Å²) in [6, 6.07) is 16.4. The van der Waals surface area contributed by atoms with E-state index in [1.807, 2.05) is 41.1 Å². The molecule has 1 aliphatic rings. The summed E-state index contributed by atoms with van der Waals surface area (Å²) in [6.07, 6.45) is 0.862. The van der Waals surface area contributed by atoms with Gasteiger partial charge in [-0.1, -0.05) is 56.9 Å². The summed E-state index contributed by atoms with van der Waals surface area (Å²) >= 11 is 9.48. The lowest BCUT2D eigenvalue weighted by molar-refractivity contribution is 0.424. The van der Waals surface area contributed by atoms with Crippen LogP contribution in [0.5, 0.6) is 0 Å². The molecule has 4 rings (SSSR count). The van der Waals surface area contributed by atoms with E-state index in [0.29, 0.717) is 5.95 Å². The standard InChI is InChI=1S/C16H13BrClN5/c17-12-5-1-10(2-6-12)14-9-15(11-3-7-13(18)8-4-11)23-16(19-14)20-21-22-23/h1-8,14-15H,9H2,(H,19,20,22). The number of tetrazole rings is 1. The number of anilines is 1. The van der Waals surface area contributed by atoms with Gasteiger partial charge >= 0.3 is 0 Å². The van der Waals surface area contributed by atoms with Gasteiger partial charge in [-0.15, -0.1) is 0 Å². The minimum atomic E-state index is 0.0761. The predicted octanol–water partition coefficient (Wildman–Crippen LogP) is 4.24. The van der Waals surface area contributed by atoms with Crippen LogP contribution in [0.3, 0.4) is 0 Å². The molecule has 2 atom stereocenters. The molecule has 1 N–H and O–H groups in total. The van der Waals surface area contributed by atoms with E-state index in [-0.39, 0.29) is 12.1 Å². The number of hydrogen-bond donors (Lipinski definition) is 1. The van der Waals surface area contributed by atoms with Gasteiger partial charge in [0, 0.05) is 9.50 Å². The Morgan fingerprint density at radius 1 is 1.04 bits per heavy atom. The van der Waals surface area contributed by atoms with Crippen molar-refractivity contribution in [3.05, 3.63) is 69.2 Å². The van der Waals surface area contributed by atoms with E-state index < -0.39 is 0 Å². The summed E-state index contributed by atoms with van der Waals surface area (Å²) < 4.78 is 2.90. The Kier molecular flexibility index (Phi) is 3.79. The molecular formula is C16H13BrClN5. The third-order valence-electron chi connectivity index (χ3n) is 4.08. The second-order valence-electron chi connectivity index (χ2n) is 5.50. The van der Waals surface area contributed by atoms with E-state index in [4.69, 9.17) is 11.6 Å². The van der Waals surface area contributed by atoms with Gasteiger partial charge in [-0.2, -0.15) is 0 Å². The minimum absolute atomic E-state index is 0.0761. The fraction of sp³-hybridized carbons (Fsp3) is 0.188. The van der Waals surface area contributed by atoms with E-state index in [1.54, 1.807) is 0 Å². The van der Waals surface area contributed by atoms with Crippen LogP contribution in [-0.4, -0.2) is 20.2 Å². The number of nitrogens with zero attached hydrogens (tertiary/aromatic N) is 4. The largest absolute Gasteiger partial charge is 0.346 e. The fourth-order valence-electron chi connectivity index (χ4n) is 2.91. The van der Waals surface area contributed by atoms with Crippen molar-refractivity contribution in [1.82, 2.24) is 20.2 Å². The first-order valence-corrected chi connectivity index (χ1v) is 8.43. The van der Waals surface area contributed by atoms with Crippen LogP contribution in [-0.2, 0) is 0 Å². The summed E-state index contributed by atoms with van der Waals surface area (Å²) in [5, 5.41) is 16.2. The van der Waals surface area contributed by atoms with Crippen molar-refractivity contribution in [1.29, 1.82) is 0 Å². The summed E-state index contributed by atoms with van der Waals surface area (Å²) in [7, 11) is 0. The molecule has 0 aliphatic carbocycles. The quantitative estimate of drug-likeness (QED) is 0.711. The van der Waals surface area contributed by atoms with Gasteiger partial charge in [0.2, 0.25) is 5.95 Å². The number of rotatable bonds is 2. The van der Waals surface area contributed by atoms with Gasteiger partial charge in [-0.3, -0.25) is 0 Å². The Balaban J connectivity index is 1.71. The van der Waals surface area contributed by atoms with Crippen LogP contribution >= 0.6 is 27.5 Å². The van der Waals surface area contributed by atoms with E-state index >= 15 is 0 Å². The molecule has 3 aromatic rings. The number of benzene rings is 2. The van der Waals surface area contributed by atoms with Crippen molar-refractivity contribution in [3.8, 4) is 0 Å². The molecule has 0 fully saturated rings. The predicted molar refractivity (Wildman–Crippen MR) is 92.5 cm³/mol. The Labute approximate surface area is 146 Å². The molecule has 0 saturated heterocycles. The topological polar surface area (TPSA) is 55.6 Å². The first kappa shape index (κ1) is 14.7. The number of aromatic nitrogens is 4. The second-order valence-corrected chi connectivity index (χ2v) is 6.85. The molecule has 116 valence electrons. The Morgan fingerprint density at radius 3 is 2.48 bits per heavy atom. The third kappa shape index (κ3) is 2.84. The number of nitrogens with one attached hydrogen (secondary N) is 1. The van der Waals surface area contributed by atoms with Gasteiger partial charge in [0.25, 0.3) is 0 Å². The van der Waals surface area contributed by atoms with Crippen LogP contribution in [0.4, 0.5) is 5.95 Å². The first-order chi connectivity index (χ1) is 11.2. The van der Waals surface area contributed by atoms with Gasteiger partial charge in [0.05, 0.1) is 12.1 Å². The molecule has 0 saturated carbocycles. The van der Waals surface area contributed by atoms with Crippen LogP contribution < -0.4 is 5.32 Å². The smallest absolute Gasteiger partial charge is 0.243 e. The lowest BCUT2D eigenvalue weighted by atomic mass is 9.93. The highest BCUT2D eigenvalue weighted by atomic mass is 79.9. The highest BCUT2D eigenvalue weighted by molar-refractivity contribution is 9.10. The molecule has 5 nitrogen and oxygen atoms in total. The lowest BCUT2D eigenvalue weighted by Crippen LogP contribution is -2.28. The van der Waals surface area contributed by atoms with Gasteiger partial charge < -0.3 is 5.32 Å². The molecule has 0 spiro atoms. The van der Waals surface area contributed by atoms with Crippen molar-refractivity contribution in [2.75, 3.05) is 5.32 Å². The van der Waals surface area contributed by atoms with Crippen LogP contribution in [0.1, 0.15) is 29.6 Å². The average molecular weight is 391 g/mol. The van der Waals surface area contributed by atoms with E-state index in [2.05, 4.69) is 48.9 Å². The maximum Gasteiger partial charge on any atom is 0.243 e. The highest BCUT2D eigenvalue weighted by Gasteiger charge is 2.30. The molecule has 2 aromatic carbocycles. The molecule has 2 heterocycles. The van der Waals surface area contributed by atoms with E-state index in [9.17, 15) is 0 Å². The highest BCUT2D eigenvalue weighted by Crippen LogP contribution is 2.37. The number of halogens is 2. The van der Waals surface area contributed by atoms with Gasteiger partial charge in [-0.05, 0) is 52.2 Å². The molecule has 1 aromatic heterocycles. The normalized spacial score (nSPS) is 19.9. The Bertz CT molecular complexity index is 815. The van der Waals surface area contributed by atoms with Crippen LogP contribution in [0.15, 0.2) is 53.0 Å². The van der Waals surface area contributed by atoms with Gasteiger partial charge in [0.1, 0.15) is 0 Å². The van der Waals surface area contributed by atoms with E-state index in [1.165, 1.54) is 5.56 Å². The summed E-state index contributed by atoms with van der Waals surface area (Å²) in [5.41, 5.74) is 2.35. The third-order valence-corrected chi connectivity index (χ3v) is 4.86.